The molecule has 1 aliphatic heterocycles. The normalized spacial score (nSPS) is 17.1. The zero-order valence-corrected chi connectivity index (χ0v) is 13.7. The largest absolute Gasteiger partial charge is 0.508 e. The fourth-order valence-electron chi connectivity index (χ4n) is 2.89. The number of aliphatic hydroxyl groups excluding tert-OH is 1. The van der Waals surface area contributed by atoms with Crippen LogP contribution in [0.15, 0.2) is 47.1 Å². The number of aliphatic hydroxyl groups is 1. The molecule has 0 spiro atoms. The number of phenols is 1. The van der Waals surface area contributed by atoms with E-state index >= 15 is 0 Å². The first-order chi connectivity index (χ1) is 11.7. The summed E-state index contributed by atoms with van der Waals surface area (Å²) in [5.74, 6) is 1.06. The van der Waals surface area contributed by atoms with Gasteiger partial charge in [-0.05, 0) is 36.4 Å². The highest BCUT2D eigenvalue weighted by Gasteiger charge is 2.19. The molecule has 1 unspecified atom stereocenters. The summed E-state index contributed by atoms with van der Waals surface area (Å²) in [5, 5.41) is 19.5. The quantitative estimate of drug-likeness (QED) is 0.804. The summed E-state index contributed by atoms with van der Waals surface area (Å²) in [4.78, 5) is 4.54. The van der Waals surface area contributed by atoms with Crippen molar-refractivity contribution in [1.29, 1.82) is 0 Å². The summed E-state index contributed by atoms with van der Waals surface area (Å²) in [5.41, 5.74) is 1.12. The molecule has 0 saturated carbocycles. The average molecular weight is 332 g/mol. The Kier molecular flexibility index (Phi) is 5.74. The number of nitrogens with zero attached hydrogens (tertiary/aromatic N) is 2. The van der Waals surface area contributed by atoms with Crippen molar-refractivity contribution >= 4 is 5.69 Å². The van der Waals surface area contributed by atoms with E-state index in [1.807, 2.05) is 24.3 Å². The molecular weight excluding hydrogens is 308 g/mol. The molecule has 1 saturated heterocycles. The van der Waals surface area contributed by atoms with Gasteiger partial charge in [-0.25, -0.2) is 0 Å². The second-order valence-electron chi connectivity index (χ2n) is 6.05. The number of piperazine rings is 1. The van der Waals surface area contributed by atoms with E-state index in [1.54, 1.807) is 18.4 Å². The van der Waals surface area contributed by atoms with Crippen LogP contribution in [0.1, 0.15) is 5.76 Å². The molecule has 130 valence electrons. The van der Waals surface area contributed by atoms with E-state index in [1.165, 1.54) is 0 Å². The van der Waals surface area contributed by atoms with E-state index in [2.05, 4.69) is 9.80 Å². The Morgan fingerprint density at radius 2 is 1.83 bits per heavy atom. The van der Waals surface area contributed by atoms with Crippen molar-refractivity contribution < 1.29 is 19.4 Å². The van der Waals surface area contributed by atoms with E-state index in [9.17, 15) is 10.2 Å². The number of phenolic OH excluding ortho intramolecular Hbond substituents is 1. The number of β-amino-alcohol motifs (C(OH)–C–C–N with tert-alkyl or cyclic N) is 1. The minimum atomic E-state index is -0.500. The topological polar surface area (TPSA) is 69.3 Å². The second kappa shape index (κ2) is 8.19. The summed E-state index contributed by atoms with van der Waals surface area (Å²) in [7, 11) is 0. The third-order valence-corrected chi connectivity index (χ3v) is 4.19. The van der Waals surface area contributed by atoms with Crippen LogP contribution in [0, 0.1) is 0 Å². The first-order valence-corrected chi connectivity index (χ1v) is 8.25. The minimum Gasteiger partial charge on any atom is -0.508 e. The van der Waals surface area contributed by atoms with Crippen LogP contribution in [-0.4, -0.2) is 60.5 Å². The Balaban J connectivity index is 1.36. The summed E-state index contributed by atoms with van der Waals surface area (Å²) in [6, 6.07) is 11.0. The molecule has 0 radical (unpaired) electrons. The number of hydrogen-bond acceptors (Lipinski definition) is 6. The van der Waals surface area contributed by atoms with Gasteiger partial charge in [-0.15, -0.1) is 0 Å². The van der Waals surface area contributed by atoms with Gasteiger partial charge in [0.1, 0.15) is 18.1 Å². The van der Waals surface area contributed by atoms with Gasteiger partial charge in [0.2, 0.25) is 0 Å². The van der Waals surface area contributed by atoms with Crippen molar-refractivity contribution in [3.05, 3.63) is 48.4 Å². The van der Waals surface area contributed by atoms with E-state index in [-0.39, 0.29) is 5.75 Å². The van der Waals surface area contributed by atoms with Gasteiger partial charge in [0.25, 0.3) is 0 Å². The standard InChI is InChI=1S/C18H24N2O4/c21-16-5-3-15(4-6-16)20-9-7-19(8-10-20)12-17(22)13-23-14-18-2-1-11-24-18/h1-6,11,17,21-22H,7-10,12-14H2. The van der Waals surface area contributed by atoms with Crippen LogP contribution in [0.4, 0.5) is 5.69 Å². The molecule has 1 fully saturated rings. The van der Waals surface area contributed by atoms with Crippen molar-refractivity contribution in [2.24, 2.45) is 0 Å². The molecule has 6 nitrogen and oxygen atoms in total. The van der Waals surface area contributed by atoms with Gasteiger partial charge in [0.15, 0.2) is 0 Å². The number of benzene rings is 1. The van der Waals surface area contributed by atoms with Gasteiger partial charge < -0.3 is 24.3 Å². The lowest BCUT2D eigenvalue weighted by molar-refractivity contribution is 0.00442. The first-order valence-electron chi connectivity index (χ1n) is 8.25. The maximum absolute atomic E-state index is 10.1. The maximum Gasteiger partial charge on any atom is 0.129 e. The number of hydrogen-bond donors (Lipinski definition) is 2. The Hall–Kier alpha value is -2.02. The molecule has 3 rings (SSSR count). The number of aromatic hydroxyl groups is 1. The molecule has 2 aromatic rings. The molecule has 2 N–H and O–H groups in total. The van der Waals surface area contributed by atoms with Crippen LogP contribution in [0.2, 0.25) is 0 Å². The van der Waals surface area contributed by atoms with E-state index in [0.29, 0.717) is 19.8 Å². The fourth-order valence-corrected chi connectivity index (χ4v) is 2.89. The zero-order valence-electron chi connectivity index (χ0n) is 13.7. The number of furan rings is 1. The summed E-state index contributed by atoms with van der Waals surface area (Å²) in [6.07, 6.45) is 1.11. The monoisotopic (exact) mass is 332 g/mol. The average Bonchev–Trinajstić information content (AvgIpc) is 3.10. The van der Waals surface area contributed by atoms with Crippen LogP contribution in [0.5, 0.6) is 5.75 Å². The SMILES string of the molecule is Oc1ccc(N2CCN(CC(O)COCc3ccco3)CC2)cc1. The number of ether oxygens (including phenoxy) is 1. The molecule has 1 aliphatic rings. The molecule has 0 bridgehead atoms. The highest BCUT2D eigenvalue weighted by Crippen LogP contribution is 2.19. The van der Waals surface area contributed by atoms with Crippen molar-refractivity contribution in [1.82, 2.24) is 4.90 Å². The van der Waals surface area contributed by atoms with Gasteiger partial charge >= 0.3 is 0 Å². The molecular formula is C18H24N2O4. The zero-order chi connectivity index (χ0) is 16.8. The fraction of sp³-hybridized carbons (Fsp3) is 0.444. The molecule has 1 aromatic heterocycles. The molecule has 6 heteroatoms. The van der Waals surface area contributed by atoms with Gasteiger partial charge in [0, 0.05) is 38.4 Å². The summed E-state index contributed by atoms with van der Waals surface area (Å²) >= 11 is 0. The van der Waals surface area contributed by atoms with Crippen molar-refractivity contribution in [2.75, 3.05) is 44.2 Å². The summed E-state index contributed by atoms with van der Waals surface area (Å²) in [6.45, 7) is 4.92. The molecule has 24 heavy (non-hydrogen) atoms. The molecule has 0 aliphatic carbocycles. The third kappa shape index (κ3) is 4.74. The number of rotatable bonds is 7. The third-order valence-electron chi connectivity index (χ3n) is 4.19. The van der Waals surface area contributed by atoms with Crippen LogP contribution in [0.25, 0.3) is 0 Å². The van der Waals surface area contributed by atoms with E-state index in [0.717, 1.165) is 37.6 Å². The second-order valence-corrected chi connectivity index (χ2v) is 6.05. The van der Waals surface area contributed by atoms with Crippen LogP contribution < -0.4 is 4.90 Å². The molecule has 2 heterocycles. The predicted octanol–water partition coefficient (Wildman–Crippen LogP) is 1.68. The Morgan fingerprint density at radius 3 is 2.50 bits per heavy atom. The van der Waals surface area contributed by atoms with Crippen molar-refractivity contribution in [3.8, 4) is 5.75 Å². The number of anilines is 1. The lowest BCUT2D eigenvalue weighted by atomic mass is 10.2. The molecule has 1 aromatic carbocycles. The Morgan fingerprint density at radius 1 is 1.08 bits per heavy atom. The first kappa shape index (κ1) is 16.8. The van der Waals surface area contributed by atoms with Gasteiger partial charge in [-0.1, -0.05) is 0 Å². The van der Waals surface area contributed by atoms with Crippen LogP contribution in [-0.2, 0) is 11.3 Å². The highest BCUT2D eigenvalue weighted by molar-refractivity contribution is 5.49. The molecule has 1 atom stereocenters. The minimum absolute atomic E-state index is 0.287. The Bertz CT molecular complexity index is 592. The smallest absolute Gasteiger partial charge is 0.129 e. The highest BCUT2D eigenvalue weighted by atomic mass is 16.5. The van der Waals surface area contributed by atoms with Crippen LogP contribution in [0.3, 0.4) is 0 Å². The lowest BCUT2D eigenvalue weighted by Gasteiger charge is -2.36. The van der Waals surface area contributed by atoms with Gasteiger partial charge in [-0.2, -0.15) is 0 Å². The Labute approximate surface area is 141 Å². The molecule has 0 amide bonds. The predicted molar refractivity (Wildman–Crippen MR) is 91.1 cm³/mol. The summed E-state index contributed by atoms with van der Waals surface area (Å²) < 4.78 is 10.7. The van der Waals surface area contributed by atoms with Gasteiger partial charge in [-0.3, -0.25) is 4.90 Å². The van der Waals surface area contributed by atoms with Crippen molar-refractivity contribution in [3.63, 3.8) is 0 Å². The lowest BCUT2D eigenvalue weighted by Crippen LogP contribution is -2.49. The van der Waals surface area contributed by atoms with E-state index < -0.39 is 6.10 Å². The van der Waals surface area contributed by atoms with Crippen LogP contribution >= 0.6 is 0 Å². The van der Waals surface area contributed by atoms with Gasteiger partial charge in [0.05, 0.1) is 19.0 Å². The van der Waals surface area contributed by atoms with Crippen molar-refractivity contribution in [2.45, 2.75) is 12.7 Å². The van der Waals surface area contributed by atoms with E-state index in [4.69, 9.17) is 9.15 Å². The maximum atomic E-state index is 10.1.